The molecule has 2 aromatic rings. The first kappa shape index (κ1) is 18.6. The van der Waals surface area contributed by atoms with E-state index in [1.165, 1.54) is 18.2 Å². The Morgan fingerprint density at radius 2 is 1.96 bits per heavy atom. The lowest BCUT2D eigenvalue weighted by Gasteiger charge is -2.13. The average molecular weight is 361 g/mol. The number of amides is 1. The topological polar surface area (TPSA) is 90.3 Å². The van der Waals surface area contributed by atoms with Crippen molar-refractivity contribution in [2.45, 2.75) is 27.3 Å². The highest BCUT2D eigenvalue weighted by molar-refractivity contribution is 7.17. The van der Waals surface area contributed by atoms with E-state index in [1.807, 2.05) is 0 Å². The summed E-state index contributed by atoms with van der Waals surface area (Å²) in [4.78, 5) is 40.1. The second kappa shape index (κ2) is 7.89. The summed E-state index contributed by atoms with van der Waals surface area (Å²) < 4.78 is 6.71. The Balaban J connectivity index is 2.10. The van der Waals surface area contributed by atoms with Crippen molar-refractivity contribution < 1.29 is 14.3 Å². The second-order valence-electron chi connectivity index (χ2n) is 5.43. The van der Waals surface area contributed by atoms with Gasteiger partial charge in [0, 0.05) is 23.5 Å². The van der Waals surface area contributed by atoms with Crippen LogP contribution in [0.15, 0.2) is 29.6 Å². The molecule has 0 radical (unpaired) electrons. The fourth-order valence-corrected chi connectivity index (χ4v) is 3.16. The number of hydrogen-bond donors (Lipinski definition) is 1. The third-order valence-electron chi connectivity index (χ3n) is 3.42. The van der Waals surface area contributed by atoms with E-state index >= 15 is 0 Å². The largest absolute Gasteiger partial charge is 0.457 e. The molecule has 25 heavy (non-hydrogen) atoms. The van der Waals surface area contributed by atoms with E-state index in [1.54, 1.807) is 25.3 Å². The summed E-state index contributed by atoms with van der Waals surface area (Å²) in [6.07, 6.45) is 1.48. The van der Waals surface area contributed by atoms with Gasteiger partial charge < -0.3 is 14.6 Å². The molecular weight excluding hydrogens is 342 g/mol. The van der Waals surface area contributed by atoms with Gasteiger partial charge in [0.2, 0.25) is 5.91 Å². The lowest BCUT2D eigenvalue weighted by molar-refractivity contribution is -0.116. The van der Waals surface area contributed by atoms with Gasteiger partial charge in [-0.1, -0.05) is 24.0 Å². The number of rotatable bonds is 6. The zero-order valence-electron chi connectivity index (χ0n) is 14.3. The van der Waals surface area contributed by atoms with Gasteiger partial charge in [-0.05, 0) is 20.8 Å². The average Bonchev–Trinajstić information content (AvgIpc) is 2.89. The van der Waals surface area contributed by atoms with Crippen LogP contribution >= 0.6 is 11.3 Å². The van der Waals surface area contributed by atoms with Crippen molar-refractivity contribution in [2.75, 3.05) is 11.9 Å². The minimum Gasteiger partial charge on any atom is -0.457 e. The first-order chi connectivity index (χ1) is 11.8. The summed E-state index contributed by atoms with van der Waals surface area (Å²) >= 11 is 1.06. The van der Waals surface area contributed by atoms with Crippen LogP contribution in [0.1, 0.15) is 26.8 Å². The Labute approximate surface area is 149 Å². The fraction of sp³-hybridized carbons (Fsp3) is 0.294. The first-order valence-electron chi connectivity index (χ1n) is 7.55. The van der Waals surface area contributed by atoms with Crippen LogP contribution < -0.4 is 10.7 Å². The summed E-state index contributed by atoms with van der Waals surface area (Å²) in [7, 11) is 0. The molecule has 2 aromatic heterocycles. The number of nitrogens with one attached hydrogen (secondary N) is 1. The van der Waals surface area contributed by atoms with Crippen molar-refractivity contribution in [2.24, 2.45) is 0 Å². The number of hydrogen-bond acceptors (Lipinski definition) is 6. The maximum absolute atomic E-state index is 12.3. The maximum atomic E-state index is 12.3. The third kappa shape index (κ3) is 4.63. The molecule has 0 aliphatic carbocycles. The summed E-state index contributed by atoms with van der Waals surface area (Å²) in [5.41, 5.74) is 1.79. The molecule has 0 saturated carbocycles. The lowest BCUT2D eigenvalue weighted by Crippen LogP contribution is -2.23. The fourth-order valence-electron chi connectivity index (χ4n) is 2.28. The quantitative estimate of drug-likeness (QED) is 0.629. The highest BCUT2D eigenvalue weighted by Gasteiger charge is 2.18. The Kier molecular flexibility index (Phi) is 5.87. The number of anilines is 1. The van der Waals surface area contributed by atoms with Crippen molar-refractivity contribution in [1.29, 1.82) is 0 Å². The molecule has 0 aliphatic heterocycles. The molecule has 0 saturated heterocycles. The van der Waals surface area contributed by atoms with Gasteiger partial charge in [-0.15, -0.1) is 0 Å². The third-order valence-corrected chi connectivity index (χ3v) is 4.47. The van der Waals surface area contributed by atoms with E-state index in [9.17, 15) is 14.4 Å². The minimum absolute atomic E-state index is 0.0484. The number of esters is 1. The molecule has 0 aromatic carbocycles. The summed E-state index contributed by atoms with van der Waals surface area (Å²) in [6, 6.07) is 2.95. The van der Waals surface area contributed by atoms with Crippen molar-refractivity contribution in [1.82, 2.24) is 9.55 Å². The predicted molar refractivity (Wildman–Crippen MR) is 96.1 cm³/mol. The van der Waals surface area contributed by atoms with Crippen LogP contribution in [0.25, 0.3) is 0 Å². The molecule has 1 amide bonds. The van der Waals surface area contributed by atoms with Gasteiger partial charge in [-0.2, -0.15) is 0 Å². The Morgan fingerprint density at radius 1 is 1.32 bits per heavy atom. The molecule has 132 valence electrons. The number of ether oxygens (including phenoxy) is 1. The standard InChI is InChI=1S/C17H19N3O4S/c1-5-6-24-16(23)15-12(4)18-17(25-15)19-14(22)9-20-10(2)7-13(21)8-11(20)3/h5,7-8H,1,6,9H2,2-4H3,(H,18,19,22). The number of carbonyl (C=O) groups is 2. The number of carbonyl (C=O) groups excluding carboxylic acids is 2. The molecular formula is C17H19N3O4S. The van der Waals surface area contributed by atoms with E-state index in [0.717, 1.165) is 11.3 Å². The molecule has 0 unspecified atom stereocenters. The minimum atomic E-state index is -0.498. The van der Waals surface area contributed by atoms with Gasteiger partial charge in [-0.3, -0.25) is 9.59 Å². The molecule has 0 atom stereocenters. The van der Waals surface area contributed by atoms with E-state index in [0.29, 0.717) is 27.1 Å². The lowest BCUT2D eigenvalue weighted by atomic mass is 10.3. The van der Waals surface area contributed by atoms with Crippen LogP contribution in [-0.4, -0.2) is 28.0 Å². The zero-order valence-corrected chi connectivity index (χ0v) is 15.1. The molecule has 0 fully saturated rings. The second-order valence-corrected chi connectivity index (χ2v) is 6.43. The van der Waals surface area contributed by atoms with E-state index in [2.05, 4.69) is 16.9 Å². The molecule has 7 nitrogen and oxygen atoms in total. The summed E-state index contributed by atoms with van der Waals surface area (Å²) in [5, 5.41) is 3.00. The molecule has 2 heterocycles. The number of aryl methyl sites for hydroxylation is 3. The van der Waals surface area contributed by atoms with Crippen LogP contribution in [0, 0.1) is 20.8 Å². The number of pyridine rings is 1. The van der Waals surface area contributed by atoms with E-state index in [4.69, 9.17) is 4.74 Å². The van der Waals surface area contributed by atoms with Gasteiger partial charge in [-0.25, -0.2) is 9.78 Å². The highest BCUT2D eigenvalue weighted by atomic mass is 32.1. The van der Waals surface area contributed by atoms with Gasteiger partial charge >= 0.3 is 5.97 Å². The van der Waals surface area contributed by atoms with Gasteiger partial charge in [0.1, 0.15) is 18.0 Å². The monoisotopic (exact) mass is 361 g/mol. The van der Waals surface area contributed by atoms with Gasteiger partial charge in [0.05, 0.1) is 5.69 Å². The molecule has 0 bridgehead atoms. The maximum Gasteiger partial charge on any atom is 0.350 e. The molecule has 1 N–H and O–H groups in total. The van der Waals surface area contributed by atoms with Crippen molar-refractivity contribution >= 4 is 28.3 Å². The Morgan fingerprint density at radius 3 is 2.56 bits per heavy atom. The van der Waals surface area contributed by atoms with Crippen LogP contribution in [0.4, 0.5) is 5.13 Å². The van der Waals surface area contributed by atoms with E-state index in [-0.39, 0.29) is 24.5 Å². The smallest absolute Gasteiger partial charge is 0.350 e. The number of aromatic nitrogens is 2. The van der Waals surface area contributed by atoms with Gasteiger partial charge in [0.25, 0.3) is 0 Å². The highest BCUT2D eigenvalue weighted by Crippen LogP contribution is 2.23. The summed E-state index contributed by atoms with van der Waals surface area (Å²) in [6.45, 7) is 8.85. The summed E-state index contributed by atoms with van der Waals surface area (Å²) in [5.74, 6) is -0.794. The van der Waals surface area contributed by atoms with Crippen LogP contribution in [0.3, 0.4) is 0 Å². The Hall–Kier alpha value is -2.74. The van der Waals surface area contributed by atoms with Crippen molar-refractivity contribution in [3.63, 3.8) is 0 Å². The van der Waals surface area contributed by atoms with Gasteiger partial charge in [0.15, 0.2) is 10.6 Å². The van der Waals surface area contributed by atoms with Crippen molar-refractivity contribution in [3.05, 3.63) is 57.0 Å². The first-order valence-corrected chi connectivity index (χ1v) is 8.37. The predicted octanol–water partition coefficient (Wildman–Crippen LogP) is 2.21. The Bertz CT molecular complexity index is 856. The van der Waals surface area contributed by atoms with E-state index < -0.39 is 5.97 Å². The molecule has 8 heteroatoms. The van der Waals surface area contributed by atoms with Crippen LogP contribution in [0.2, 0.25) is 0 Å². The normalized spacial score (nSPS) is 10.4. The zero-order chi connectivity index (χ0) is 18.6. The van der Waals surface area contributed by atoms with Crippen molar-refractivity contribution in [3.8, 4) is 0 Å². The molecule has 2 rings (SSSR count). The SMILES string of the molecule is C=CCOC(=O)c1sc(NC(=O)Cn2c(C)cc(=O)cc2C)nc1C. The number of nitrogens with zero attached hydrogens (tertiary/aromatic N) is 2. The molecule has 0 spiro atoms. The number of thiazole rings is 1. The van der Waals surface area contributed by atoms with Crippen LogP contribution in [-0.2, 0) is 16.1 Å². The van der Waals surface area contributed by atoms with Crippen LogP contribution in [0.5, 0.6) is 0 Å². The molecule has 0 aliphatic rings.